The molecule has 18 heavy (non-hydrogen) atoms. The molecule has 1 saturated carbocycles. The summed E-state index contributed by atoms with van der Waals surface area (Å²) in [7, 11) is 1.77. The number of carbonyl (C=O) groups is 1. The molecule has 1 aliphatic carbocycles. The number of carboxylic acids is 1. The average molecular weight is 255 g/mol. The summed E-state index contributed by atoms with van der Waals surface area (Å²) in [6.45, 7) is 0.958. The van der Waals surface area contributed by atoms with Crippen molar-refractivity contribution in [1.82, 2.24) is 4.90 Å². The first-order chi connectivity index (χ1) is 8.72. The molecule has 0 spiro atoms. The summed E-state index contributed by atoms with van der Waals surface area (Å²) in [6.07, 6.45) is 8.90. The van der Waals surface area contributed by atoms with Crippen molar-refractivity contribution < 1.29 is 14.6 Å². The van der Waals surface area contributed by atoms with Gasteiger partial charge in [-0.05, 0) is 45.1 Å². The predicted octanol–water partition coefficient (Wildman–Crippen LogP) is 2.27. The molecule has 0 aromatic heterocycles. The molecule has 1 aliphatic heterocycles. The molecule has 0 amide bonds. The SMILES string of the molecule is COC1CCC(N2CCCCCC2C(=O)O)CC1. The second kappa shape index (κ2) is 6.53. The number of likely N-dealkylation sites (tertiary alicyclic amines) is 1. The van der Waals surface area contributed by atoms with Gasteiger partial charge in [-0.25, -0.2) is 0 Å². The maximum Gasteiger partial charge on any atom is 0.320 e. The minimum atomic E-state index is -0.634. The summed E-state index contributed by atoms with van der Waals surface area (Å²) in [5.41, 5.74) is 0. The molecule has 0 aromatic carbocycles. The molecule has 2 rings (SSSR count). The fourth-order valence-corrected chi connectivity index (χ4v) is 3.45. The first-order valence-electron chi connectivity index (χ1n) is 7.23. The molecule has 104 valence electrons. The van der Waals surface area contributed by atoms with Gasteiger partial charge in [0.15, 0.2) is 0 Å². The van der Waals surface area contributed by atoms with Gasteiger partial charge in [0.1, 0.15) is 6.04 Å². The molecule has 0 aromatic rings. The number of rotatable bonds is 3. The second-order valence-corrected chi connectivity index (χ2v) is 5.61. The van der Waals surface area contributed by atoms with Crippen LogP contribution >= 0.6 is 0 Å². The third-order valence-corrected chi connectivity index (χ3v) is 4.53. The minimum Gasteiger partial charge on any atom is -0.480 e. The highest BCUT2D eigenvalue weighted by atomic mass is 16.5. The lowest BCUT2D eigenvalue weighted by molar-refractivity contribution is -0.145. The van der Waals surface area contributed by atoms with E-state index in [-0.39, 0.29) is 6.04 Å². The lowest BCUT2D eigenvalue weighted by Gasteiger charge is -2.38. The van der Waals surface area contributed by atoms with E-state index in [0.717, 1.165) is 51.5 Å². The number of methoxy groups -OCH3 is 1. The van der Waals surface area contributed by atoms with Gasteiger partial charge in [-0.15, -0.1) is 0 Å². The monoisotopic (exact) mass is 255 g/mol. The Morgan fingerprint density at radius 1 is 1.11 bits per heavy atom. The van der Waals surface area contributed by atoms with E-state index in [1.165, 1.54) is 6.42 Å². The van der Waals surface area contributed by atoms with Gasteiger partial charge in [-0.1, -0.05) is 12.8 Å². The normalized spacial score (nSPS) is 35.1. The average Bonchev–Trinajstić information content (AvgIpc) is 2.64. The zero-order valence-corrected chi connectivity index (χ0v) is 11.3. The Morgan fingerprint density at radius 3 is 2.44 bits per heavy atom. The fourth-order valence-electron chi connectivity index (χ4n) is 3.45. The highest BCUT2D eigenvalue weighted by Gasteiger charge is 2.34. The van der Waals surface area contributed by atoms with Gasteiger partial charge < -0.3 is 9.84 Å². The Kier molecular flexibility index (Phi) is 5.01. The summed E-state index contributed by atoms with van der Waals surface area (Å²) in [6, 6.07) is 0.201. The summed E-state index contributed by atoms with van der Waals surface area (Å²) < 4.78 is 5.39. The van der Waals surface area contributed by atoms with Gasteiger partial charge in [0.2, 0.25) is 0 Å². The van der Waals surface area contributed by atoms with Crippen LogP contribution < -0.4 is 0 Å². The molecular formula is C14H25NO3. The van der Waals surface area contributed by atoms with Crippen LogP contribution in [0.5, 0.6) is 0 Å². The smallest absolute Gasteiger partial charge is 0.320 e. The summed E-state index contributed by atoms with van der Waals surface area (Å²) in [5.74, 6) is -0.634. The van der Waals surface area contributed by atoms with E-state index < -0.39 is 5.97 Å². The van der Waals surface area contributed by atoms with Gasteiger partial charge >= 0.3 is 5.97 Å². The molecule has 4 nitrogen and oxygen atoms in total. The molecule has 1 heterocycles. The fraction of sp³-hybridized carbons (Fsp3) is 0.929. The Labute approximate surface area is 109 Å². The number of carboxylic acid groups (broad SMARTS) is 1. The van der Waals surface area contributed by atoms with Crippen molar-refractivity contribution >= 4 is 5.97 Å². The Balaban J connectivity index is 1.97. The molecule has 1 unspecified atom stereocenters. The molecular weight excluding hydrogens is 230 g/mol. The zero-order chi connectivity index (χ0) is 13.0. The summed E-state index contributed by atoms with van der Waals surface area (Å²) in [5, 5.41) is 9.40. The van der Waals surface area contributed by atoms with E-state index >= 15 is 0 Å². The van der Waals surface area contributed by atoms with Crippen LogP contribution in [-0.2, 0) is 9.53 Å². The molecule has 1 atom stereocenters. The van der Waals surface area contributed by atoms with E-state index in [0.29, 0.717) is 12.1 Å². The van der Waals surface area contributed by atoms with Crippen LogP contribution in [0.4, 0.5) is 0 Å². The molecule has 4 heteroatoms. The predicted molar refractivity (Wildman–Crippen MR) is 69.7 cm³/mol. The van der Waals surface area contributed by atoms with Crippen molar-refractivity contribution in [2.45, 2.75) is 69.6 Å². The largest absolute Gasteiger partial charge is 0.480 e. The van der Waals surface area contributed by atoms with Crippen molar-refractivity contribution in [1.29, 1.82) is 0 Å². The maximum atomic E-state index is 11.4. The van der Waals surface area contributed by atoms with Crippen molar-refractivity contribution in [2.75, 3.05) is 13.7 Å². The van der Waals surface area contributed by atoms with Gasteiger partial charge in [-0.2, -0.15) is 0 Å². The standard InChI is InChI=1S/C14H25NO3/c1-18-12-8-6-11(7-9-12)15-10-4-2-3-5-13(15)14(16)17/h11-13H,2-10H2,1H3,(H,16,17). The topological polar surface area (TPSA) is 49.8 Å². The van der Waals surface area contributed by atoms with Crippen LogP contribution in [0.25, 0.3) is 0 Å². The van der Waals surface area contributed by atoms with Crippen LogP contribution in [0, 0.1) is 0 Å². The molecule has 0 bridgehead atoms. The van der Waals surface area contributed by atoms with Crippen LogP contribution in [0.1, 0.15) is 51.4 Å². The Bertz CT molecular complexity index is 274. The van der Waals surface area contributed by atoms with Gasteiger partial charge in [0.05, 0.1) is 6.10 Å². The molecule has 2 fully saturated rings. The van der Waals surface area contributed by atoms with Crippen molar-refractivity contribution in [3.8, 4) is 0 Å². The van der Waals surface area contributed by atoms with E-state index in [1.54, 1.807) is 7.11 Å². The van der Waals surface area contributed by atoms with E-state index in [4.69, 9.17) is 4.74 Å². The second-order valence-electron chi connectivity index (χ2n) is 5.61. The number of ether oxygens (including phenoxy) is 1. The van der Waals surface area contributed by atoms with E-state index in [1.807, 2.05) is 0 Å². The van der Waals surface area contributed by atoms with Gasteiger partial charge in [0.25, 0.3) is 0 Å². The number of hydrogen-bond acceptors (Lipinski definition) is 3. The Morgan fingerprint density at radius 2 is 1.83 bits per heavy atom. The third kappa shape index (κ3) is 3.23. The highest BCUT2D eigenvalue weighted by Crippen LogP contribution is 2.29. The van der Waals surface area contributed by atoms with Gasteiger partial charge in [0, 0.05) is 13.2 Å². The van der Waals surface area contributed by atoms with Crippen LogP contribution in [0.15, 0.2) is 0 Å². The number of aliphatic carboxylic acids is 1. The quantitative estimate of drug-likeness (QED) is 0.840. The third-order valence-electron chi connectivity index (χ3n) is 4.53. The molecule has 2 aliphatic rings. The van der Waals surface area contributed by atoms with E-state index in [9.17, 15) is 9.90 Å². The Hall–Kier alpha value is -0.610. The summed E-state index contributed by atoms with van der Waals surface area (Å²) in [4.78, 5) is 13.7. The maximum absolute atomic E-state index is 11.4. The first kappa shape index (κ1) is 13.8. The number of nitrogens with zero attached hydrogens (tertiary/aromatic N) is 1. The van der Waals surface area contributed by atoms with Crippen LogP contribution in [0.2, 0.25) is 0 Å². The summed E-state index contributed by atoms with van der Waals surface area (Å²) >= 11 is 0. The minimum absolute atomic E-state index is 0.253. The first-order valence-corrected chi connectivity index (χ1v) is 7.23. The highest BCUT2D eigenvalue weighted by molar-refractivity contribution is 5.73. The van der Waals surface area contributed by atoms with Crippen molar-refractivity contribution in [3.05, 3.63) is 0 Å². The molecule has 1 saturated heterocycles. The molecule has 0 radical (unpaired) electrons. The van der Waals surface area contributed by atoms with Crippen LogP contribution in [-0.4, -0.2) is 47.8 Å². The lowest BCUT2D eigenvalue weighted by atomic mass is 9.90. The van der Waals surface area contributed by atoms with Crippen LogP contribution in [0.3, 0.4) is 0 Å². The molecule has 1 N–H and O–H groups in total. The van der Waals surface area contributed by atoms with Gasteiger partial charge in [-0.3, -0.25) is 9.69 Å². The lowest BCUT2D eigenvalue weighted by Crippen LogP contribution is -2.48. The van der Waals surface area contributed by atoms with E-state index in [2.05, 4.69) is 4.90 Å². The number of hydrogen-bond donors (Lipinski definition) is 1. The van der Waals surface area contributed by atoms with Crippen molar-refractivity contribution in [3.63, 3.8) is 0 Å². The van der Waals surface area contributed by atoms with Crippen molar-refractivity contribution in [2.24, 2.45) is 0 Å². The zero-order valence-electron chi connectivity index (χ0n) is 11.3.